The van der Waals surface area contributed by atoms with Crippen molar-refractivity contribution in [2.75, 3.05) is 19.5 Å². The van der Waals surface area contributed by atoms with Gasteiger partial charge in [0.05, 0.1) is 30.4 Å². The molecule has 0 unspecified atom stereocenters. The summed E-state index contributed by atoms with van der Waals surface area (Å²) in [6.07, 6.45) is 0. The summed E-state index contributed by atoms with van der Waals surface area (Å²) in [5.41, 5.74) is 2.40. The van der Waals surface area contributed by atoms with Crippen molar-refractivity contribution in [3.05, 3.63) is 71.8 Å². The van der Waals surface area contributed by atoms with Crippen LogP contribution < -0.4 is 19.5 Å². The summed E-state index contributed by atoms with van der Waals surface area (Å²) in [6, 6.07) is 18.9. The first-order valence-electron chi connectivity index (χ1n) is 9.37. The molecule has 0 atom stereocenters. The van der Waals surface area contributed by atoms with Crippen LogP contribution >= 0.6 is 11.3 Å². The second kappa shape index (κ2) is 7.35. The Hall–Kier alpha value is -3.58. The maximum atomic E-state index is 13.4. The highest BCUT2D eigenvalue weighted by molar-refractivity contribution is 7.22. The number of benzene rings is 3. The Labute approximate surface area is 177 Å². The molecule has 4 aromatic rings. The summed E-state index contributed by atoms with van der Waals surface area (Å²) in [4.78, 5) is 17.9. The summed E-state index contributed by atoms with van der Waals surface area (Å²) in [6.45, 7) is 0. The van der Waals surface area contributed by atoms with E-state index in [1.54, 1.807) is 20.3 Å². The molecule has 5 rings (SSSR count). The summed E-state index contributed by atoms with van der Waals surface area (Å²) in [5, 5.41) is 3.51. The first-order chi connectivity index (χ1) is 14.7. The molecule has 0 aliphatic carbocycles. The topological polar surface area (TPSA) is 69.7 Å². The van der Waals surface area contributed by atoms with E-state index in [1.807, 2.05) is 54.6 Å². The molecule has 1 aliphatic rings. The molecule has 150 valence electrons. The van der Waals surface area contributed by atoms with Crippen molar-refractivity contribution in [3.63, 3.8) is 0 Å². The van der Waals surface area contributed by atoms with E-state index in [2.05, 4.69) is 10.3 Å². The largest absolute Gasteiger partial charge is 0.493 e. The number of methoxy groups -OCH3 is 2. The highest BCUT2D eigenvalue weighted by Gasteiger charge is 2.32. The second-order valence-corrected chi connectivity index (χ2v) is 7.82. The lowest BCUT2D eigenvalue weighted by Gasteiger charge is -2.27. The van der Waals surface area contributed by atoms with Crippen LogP contribution in [0.4, 0.5) is 5.13 Å². The number of nitrogens with zero attached hydrogens (tertiary/aromatic N) is 1. The smallest absolute Gasteiger partial charge is 0.238 e. The van der Waals surface area contributed by atoms with E-state index >= 15 is 0 Å². The number of nitrogens with one attached hydrogen (secondary N) is 1. The first kappa shape index (κ1) is 18.4. The zero-order valence-electron chi connectivity index (χ0n) is 16.3. The first-order valence-corrected chi connectivity index (χ1v) is 10.2. The van der Waals surface area contributed by atoms with E-state index < -0.39 is 5.92 Å². The number of hydrogen-bond donors (Lipinski definition) is 1. The fourth-order valence-corrected chi connectivity index (χ4v) is 4.56. The minimum absolute atomic E-state index is 0.156. The van der Waals surface area contributed by atoms with Gasteiger partial charge in [-0.05, 0) is 12.1 Å². The molecule has 1 aliphatic heterocycles. The van der Waals surface area contributed by atoms with E-state index in [9.17, 15) is 4.79 Å². The number of aromatic nitrogens is 1. The molecule has 0 radical (unpaired) electrons. The SMILES string of the molecule is COc1cc2nc(NC(=O)C3c4ccccc4Oc4ccccc43)sc2cc1OC. The number of rotatable bonds is 4. The Balaban J connectivity index is 1.52. The van der Waals surface area contributed by atoms with E-state index in [4.69, 9.17) is 14.2 Å². The lowest BCUT2D eigenvalue weighted by molar-refractivity contribution is -0.116. The van der Waals surface area contributed by atoms with Crippen LogP contribution in [0.1, 0.15) is 17.0 Å². The molecule has 1 amide bonds. The third kappa shape index (κ3) is 3.04. The number of fused-ring (bicyclic) bond motifs is 3. The zero-order valence-corrected chi connectivity index (χ0v) is 17.2. The van der Waals surface area contributed by atoms with Crippen LogP contribution in [-0.4, -0.2) is 25.1 Å². The van der Waals surface area contributed by atoms with Gasteiger partial charge in [0.2, 0.25) is 5.91 Å². The molecule has 0 saturated carbocycles. The Morgan fingerprint density at radius 2 is 1.57 bits per heavy atom. The van der Waals surface area contributed by atoms with Crippen LogP contribution in [0.25, 0.3) is 10.2 Å². The van der Waals surface area contributed by atoms with Crippen molar-refractivity contribution in [1.29, 1.82) is 0 Å². The van der Waals surface area contributed by atoms with Crippen LogP contribution in [0.2, 0.25) is 0 Å². The average molecular weight is 418 g/mol. The number of anilines is 1. The molecule has 1 aromatic heterocycles. The van der Waals surface area contributed by atoms with Gasteiger partial charge in [-0.25, -0.2) is 4.98 Å². The van der Waals surface area contributed by atoms with Crippen molar-refractivity contribution in [3.8, 4) is 23.0 Å². The van der Waals surface area contributed by atoms with Crippen molar-refractivity contribution in [2.45, 2.75) is 5.92 Å². The molecular formula is C23H18N2O4S. The van der Waals surface area contributed by atoms with Gasteiger partial charge in [0.25, 0.3) is 0 Å². The fourth-order valence-electron chi connectivity index (χ4n) is 3.68. The van der Waals surface area contributed by atoms with Crippen LogP contribution in [0.3, 0.4) is 0 Å². The van der Waals surface area contributed by atoms with E-state index in [0.29, 0.717) is 28.1 Å². The highest BCUT2D eigenvalue weighted by atomic mass is 32.1. The third-order valence-corrected chi connectivity index (χ3v) is 6.00. The van der Waals surface area contributed by atoms with Gasteiger partial charge in [0.1, 0.15) is 11.5 Å². The lowest BCUT2D eigenvalue weighted by atomic mass is 9.87. The van der Waals surface area contributed by atoms with Crippen molar-refractivity contribution >= 4 is 32.6 Å². The molecule has 3 aromatic carbocycles. The zero-order chi connectivity index (χ0) is 20.7. The maximum absolute atomic E-state index is 13.4. The molecule has 0 bridgehead atoms. The van der Waals surface area contributed by atoms with Crippen LogP contribution in [0.15, 0.2) is 60.7 Å². The third-order valence-electron chi connectivity index (χ3n) is 5.07. The second-order valence-electron chi connectivity index (χ2n) is 6.79. The van der Waals surface area contributed by atoms with Crippen LogP contribution in [0.5, 0.6) is 23.0 Å². The van der Waals surface area contributed by atoms with Gasteiger partial charge in [0.15, 0.2) is 16.6 Å². The molecule has 2 heterocycles. The Morgan fingerprint density at radius 3 is 2.20 bits per heavy atom. The predicted molar refractivity (Wildman–Crippen MR) is 116 cm³/mol. The molecule has 30 heavy (non-hydrogen) atoms. The molecule has 0 fully saturated rings. The molecule has 7 heteroatoms. The number of hydrogen-bond acceptors (Lipinski definition) is 6. The molecule has 6 nitrogen and oxygen atoms in total. The van der Waals surface area contributed by atoms with Crippen molar-refractivity contribution in [1.82, 2.24) is 4.98 Å². The maximum Gasteiger partial charge on any atom is 0.238 e. The van der Waals surface area contributed by atoms with E-state index in [-0.39, 0.29) is 5.91 Å². The quantitative estimate of drug-likeness (QED) is 0.494. The summed E-state index contributed by atoms with van der Waals surface area (Å²) in [5.74, 6) is 1.96. The van der Waals surface area contributed by atoms with Gasteiger partial charge in [-0.1, -0.05) is 47.7 Å². The van der Waals surface area contributed by atoms with Gasteiger partial charge in [-0.2, -0.15) is 0 Å². The number of thiazole rings is 1. The van der Waals surface area contributed by atoms with Gasteiger partial charge in [-0.3, -0.25) is 4.79 Å². The Morgan fingerprint density at radius 1 is 0.967 bits per heavy atom. The number of para-hydroxylation sites is 2. The lowest BCUT2D eigenvalue weighted by Crippen LogP contribution is -2.24. The monoisotopic (exact) mass is 418 g/mol. The van der Waals surface area contributed by atoms with Crippen LogP contribution in [0, 0.1) is 0 Å². The van der Waals surface area contributed by atoms with Crippen LogP contribution in [-0.2, 0) is 4.79 Å². The van der Waals surface area contributed by atoms with E-state index in [0.717, 1.165) is 21.3 Å². The van der Waals surface area contributed by atoms with Gasteiger partial charge in [-0.15, -0.1) is 0 Å². The predicted octanol–water partition coefficient (Wildman–Crippen LogP) is 5.19. The molecule has 1 N–H and O–H groups in total. The summed E-state index contributed by atoms with van der Waals surface area (Å²) in [7, 11) is 3.17. The number of carbonyl (C=O) groups excluding carboxylic acids is 1. The van der Waals surface area contributed by atoms with Gasteiger partial charge >= 0.3 is 0 Å². The minimum atomic E-state index is -0.484. The molecule has 0 spiro atoms. The minimum Gasteiger partial charge on any atom is -0.493 e. The Bertz CT molecular complexity index is 1180. The normalized spacial score (nSPS) is 12.6. The highest BCUT2D eigenvalue weighted by Crippen LogP contribution is 2.44. The van der Waals surface area contributed by atoms with E-state index in [1.165, 1.54) is 11.3 Å². The van der Waals surface area contributed by atoms with Crippen molar-refractivity contribution in [2.24, 2.45) is 0 Å². The molecule has 0 saturated heterocycles. The standard InChI is InChI=1S/C23H18N2O4S/c1-27-18-11-15-20(12-19(18)28-2)30-23(24-15)25-22(26)21-13-7-3-5-9-16(13)29-17-10-6-4-8-14(17)21/h3-12,21H,1-2H3,(H,24,25,26). The Kier molecular flexibility index (Phi) is 4.52. The van der Waals surface area contributed by atoms with Gasteiger partial charge < -0.3 is 19.5 Å². The number of amides is 1. The number of carbonyl (C=O) groups is 1. The fraction of sp³-hybridized carbons (Fsp3) is 0.130. The number of ether oxygens (including phenoxy) is 3. The van der Waals surface area contributed by atoms with Crippen molar-refractivity contribution < 1.29 is 19.0 Å². The van der Waals surface area contributed by atoms with Gasteiger partial charge in [0, 0.05) is 23.3 Å². The molecular weight excluding hydrogens is 400 g/mol. The summed E-state index contributed by atoms with van der Waals surface area (Å²) >= 11 is 1.39. The average Bonchev–Trinajstić information content (AvgIpc) is 3.17. The summed E-state index contributed by atoms with van der Waals surface area (Å²) < 4.78 is 17.6.